The molecule has 1 aliphatic heterocycles. The fourth-order valence-corrected chi connectivity index (χ4v) is 3.51. The fourth-order valence-electron chi connectivity index (χ4n) is 3.51. The molecular weight excluding hydrogens is 368 g/mol. The topological polar surface area (TPSA) is 83.5 Å². The summed E-state index contributed by atoms with van der Waals surface area (Å²) in [6, 6.07) is 5.87. The van der Waals surface area contributed by atoms with Gasteiger partial charge < -0.3 is 15.0 Å². The molecule has 2 aromatic rings. The number of pyridine rings is 1. The van der Waals surface area contributed by atoms with E-state index in [2.05, 4.69) is 20.2 Å². The lowest BCUT2D eigenvalue weighted by molar-refractivity contribution is 0.0940. The predicted molar refractivity (Wildman–Crippen MR) is 112 cm³/mol. The van der Waals surface area contributed by atoms with Crippen LogP contribution in [0, 0.1) is 0 Å². The monoisotopic (exact) mass is 398 g/mol. The first-order valence-corrected chi connectivity index (χ1v) is 9.94. The van der Waals surface area contributed by atoms with Gasteiger partial charge in [0, 0.05) is 51.4 Å². The molecule has 0 aromatic carbocycles. The molecule has 0 saturated carbocycles. The highest BCUT2D eigenvalue weighted by Gasteiger charge is 2.30. The van der Waals surface area contributed by atoms with Crippen LogP contribution >= 0.6 is 0 Å². The van der Waals surface area contributed by atoms with E-state index < -0.39 is 0 Å². The van der Waals surface area contributed by atoms with Crippen molar-refractivity contribution in [2.24, 2.45) is 0 Å². The zero-order valence-electron chi connectivity index (χ0n) is 17.8. The number of rotatable bonds is 7. The van der Waals surface area contributed by atoms with Crippen LogP contribution in [0.25, 0.3) is 0 Å². The molecule has 0 aliphatic carbocycles. The van der Waals surface area contributed by atoms with Gasteiger partial charge in [0.25, 0.3) is 5.91 Å². The number of nitrogens with zero attached hydrogens (tertiary/aromatic N) is 5. The predicted octanol–water partition coefficient (Wildman–Crippen LogP) is 2.07. The molecule has 1 N–H and O–H groups in total. The van der Waals surface area contributed by atoms with E-state index in [-0.39, 0.29) is 17.9 Å². The van der Waals surface area contributed by atoms with Gasteiger partial charge in [0.15, 0.2) is 0 Å². The van der Waals surface area contributed by atoms with Crippen LogP contribution < -0.4 is 15.0 Å². The number of hydrogen-bond donors (Lipinski definition) is 1. The standard InChI is InChI=1S/C21H30N6O2/c1-14(2)23-20(28)17-11-22-21(26(3)4)25-19(17)15-9-10-27(12-15)13-16-7-6-8-18(24-16)29-5/h6-8,11,14-15H,9-10,12-13H2,1-5H3,(H,23,28). The molecule has 1 aliphatic rings. The highest BCUT2D eigenvalue weighted by atomic mass is 16.5. The van der Waals surface area contributed by atoms with Crippen LogP contribution in [0.15, 0.2) is 24.4 Å². The number of anilines is 1. The zero-order chi connectivity index (χ0) is 21.0. The molecule has 156 valence electrons. The van der Waals surface area contributed by atoms with Gasteiger partial charge in [-0.2, -0.15) is 0 Å². The minimum absolute atomic E-state index is 0.0584. The van der Waals surface area contributed by atoms with Crippen LogP contribution in [0.1, 0.15) is 47.9 Å². The third-order valence-corrected chi connectivity index (χ3v) is 4.90. The van der Waals surface area contributed by atoms with Crippen LogP contribution in [0.2, 0.25) is 0 Å². The van der Waals surface area contributed by atoms with E-state index in [1.807, 2.05) is 51.0 Å². The Morgan fingerprint density at radius 3 is 2.83 bits per heavy atom. The Bertz CT molecular complexity index is 855. The second-order valence-electron chi connectivity index (χ2n) is 7.88. The van der Waals surface area contributed by atoms with E-state index in [1.54, 1.807) is 13.3 Å². The Kier molecular flexibility index (Phi) is 6.64. The van der Waals surface area contributed by atoms with E-state index in [9.17, 15) is 4.79 Å². The lowest BCUT2D eigenvalue weighted by atomic mass is 9.99. The molecule has 0 radical (unpaired) electrons. The molecule has 2 aromatic heterocycles. The average Bonchev–Trinajstić information content (AvgIpc) is 3.15. The van der Waals surface area contributed by atoms with Crippen LogP contribution in [0.3, 0.4) is 0 Å². The van der Waals surface area contributed by atoms with Gasteiger partial charge in [0.2, 0.25) is 11.8 Å². The van der Waals surface area contributed by atoms with Crippen molar-refractivity contribution in [1.82, 2.24) is 25.2 Å². The maximum atomic E-state index is 12.7. The number of carbonyl (C=O) groups is 1. The SMILES string of the molecule is COc1cccc(CN2CCC(c3nc(N(C)C)ncc3C(=O)NC(C)C)C2)n1. The van der Waals surface area contributed by atoms with Crippen LogP contribution in [-0.2, 0) is 6.54 Å². The Balaban J connectivity index is 1.80. The highest BCUT2D eigenvalue weighted by molar-refractivity contribution is 5.95. The van der Waals surface area contributed by atoms with Crippen LogP contribution in [0.4, 0.5) is 5.95 Å². The van der Waals surface area contributed by atoms with Crippen molar-refractivity contribution in [2.75, 3.05) is 39.2 Å². The van der Waals surface area contributed by atoms with Crippen molar-refractivity contribution >= 4 is 11.9 Å². The number of ether oxygens (including phenoxy) is 1. The summed E-state index contributed by atoms with van der Waals surface area (Å²) in [6.45, 7) is 6.39. The summed E-state index contributed by atoms with van der Waals surface area (Å²) in [6.07, 6.45) is 2.59. The molecule has 0 spiro atoms. The van der Waals surface area contributed by atoms with E-state index in [4.69, 9.17) is 9.72 Å². The lowest BCUT2D eigenvalue weighted by Gasteiger charge is -2.19. The summed E-state index contributed by atoms with van der Waals surface area (Å²) in [4.78, 5) is 30.5. The molecule has 8 nitrogen and oxygen atoms in total. The van der Waals surface area contributed by atoms with Gasteiger partial charge in [-0.3, -0.25) is 9.69 Å². The molecule has 1 fully saturated rings. The number of amides is 1. The summed E-state index contributed by atoms with van der Waals surface area (Å²) >= 11 is 0. The van der Waals surface area contributed by atoms with E-state index in [0.717, 1.165) is 37.4 Å². The second kappa shape index (κ2) is 9.17. The third-order valence-electron chi connectivity index (χ3n) is 4.90. The van der Waals surface area contributed by atoms with Gasteiger partial charge in [-0.25, -0.2) is 15.0 Å². The van der Waals surface area contributed by atoms with Gasteiger partial charge in [-0.05, 0) is 32.9 Å². The molecule has 29 heavy (non-hydrogen) atoms. The maximum Gasteiger partial charge on any atom is 0.254 e. The fraction of sp³-hybridized carbons (Fsp3) is 0.524. The minimum Gasteiger partial charge on any atom is -0.481 e. The van der Waals surface area contributed by atoms with Gasteiger partial charge in [0.05, 0.1) is 24.1 Å². The number of nitrogens with one attached hydrogen (secondary N) is 1. The van der Waals surface area contributed by atoms with Crippen molar-refractivity contribution < 1.29 is 9.53 Å². The molecule has 1 saturated heterocycles. The Hall–Kier alpha value is -2.74. The minimum atomic E-state index is -0.117. The molecule has 3 rings (SSSR count). The van der Waals surface area contributed by atoms with Crippen molar-refractivity contribution in [3.05, 3.63) is 41.3 Å². The molecule has 1 amide bonds. The average molecular weight is 399 g/mol. The zero-order valence-corrected chi connectivity index (χ0v) is 17.8. The van der Waals surface area contributed by atoms with Crippen molar-refractivity contribution in [3.8, 4) is 5.88 Å². The molecule has 1 atom stereocenters. The Labute approximate surface area is 172 Å². The second-order valence-corrected chi connectivity index (χ2v) is 7.88. The third kappa shape index (κ3) is 5.20. The smallest absolute Gasteiger partial charge is 0.254 e. The first kappa shape index (κ1) is 21.0. The Morgan fingerprint density at radius 1 is 1.34 bits per heavy atom. The number of hydrogen-bond acceptors (Lipinski definition) is 7. The largest absolute Gasteiger partial charge is 0.481 e. The molecule has 1 unspecified atom stereocenters. The number of methoxy groups -OCH3 is 1. The quantitative estimate of drug-likeness (QED) is 0.764. The lowest BCUT2D eigenvalue weighted by Crippen LogP contribution is -2.32. The summed E-state index contributed by atoms with van der Waals surface area (Å²) < 4.78 is 5.22. The highest BCUT2D eigenvalue weighted by Crippen LogP contribution is 2.30. The molecular formula is C21H30N6O2. The van der Waals surface area contributed by atoms with Gasteiger partial charge >= 0.3 is 0 Å². The van der Waals surface area contributed by atoms with Crippen LogP contribution in [-0.4, -0.2) is 66.1 Å². The summed E-state index contributed by atoms with van der Waals surface area (Å²) in [7, 11) is 5.43. The molecule has 8 heteroatoms. The Morgan fingerprint density at radius 2 is 2.14 bits per heavy atom. The first-order chi connectivity index (χ1) is 13.9. The summed E-state index contributed by atoms with van der Waals surface area (Å²) in [5.41, 5.74) is 2.36. The summed E-state index contributed by atoms with van der Waals surface area (Å²) in [5.74, 6) is 1.30. The maximum absolute atomic E-state index is 12.7. The van der Waals surface area contributed by atoms with E-state index in [1.165, 1.54) is 0 Å². The normalized spacial score (nSPS) is 16.8. The van der Waals surface area contributed by atoms with Crippen molar-refractivity contribution in [2.45, 2.75) is 38.8 Å². The van der Waals surface area contributed by atoms with E-state index >= 15 is 0 Å². The van der Waals surface area contributed by atoms with Gasteiger partial charge in [0.1, 0.15) is 0 Å². The van der Waals surface area contributed by atoms with Gasteiger partial charge in [-0.15, -0.1) is 0 Å². The summed E-state index contributed by atoms with van der Waals surface area (Å²) in [5, 5.41) is 2.97. The van der Waals surface area contributed by atoms with E-state index in [0.29, 0.717) is 17.4 Å². The number of carbonyl (C=O) groups excluding carboxylic acids is 1. The molecule has 0 bridgehead atoms. The van der Waals surface area contributed by atoms with Crippen molar-refractivity contribution in [3.63, 3.8) is 0 Å². The molecule has 3 heterocycles. The van der Waals surface area contributed by atoms with Crippen LogP contribution in [0.5, 0.6) is 5.88 Å². The first-order valence-electron chi connectivity index (χ1n) is 9.94. The number of aromatic nitrogens is 3. The van der Waals surface area contributed by atoms with Gasteiger partial charge in [-0.1, -0.05) is 6.07 Å². The number of likely N-dealkylation sites (tertiary alicyclic amines) is 1. The van der Waals surface area contributed by atoms with Crippen molar-refractivity contribution in [1.29, 1.82) is 0 Å².